The highest BCUT2D eigenvalue weighted by atomic mass is 79.9. The van der Waals surface area contributed by atoms with Gasteiger partial charge in [0.2, 0.25) is 0 Å². The average molecular weight is 273 g/mol. The number of hydrogen-bond donors (Lipinski definition) is 0. The van der Waals surface area contributed by atoms with Gasteiger partial charge in [-0.25, -0.2) is 4.98 Å². The van der Waals surface area contributed by atoms with Gasteiger partial charge in [-0.15, -0.1) is 0 Å². The number of aromatic nitrogens is 2. The molecule has 0 bridgehead atoms. The van der Waals surface area contributed by atoms with Gasteiger partial charge >= 0.3 is 0 Å². The molecule has 0 amide bonds. The van der Waals surface area contributed by atoms with Crippen molar-refractivity contribution in [2.24, 2.45) is 0 Å². The van der Waals surface area contributed by atoms with Crippen LogP contribution in [0.2, 0.25) is 0 Å². The largest absolute Gasteiger partial charge is 0.298 e. The fraction of sp³-hybridized carbons (Fsp3) is 0.500. The molecule has 15 heavy (non-hydrogen) atoms. The lowest BCUT2D eigenvalue weighted by atomic mass is 10.2. The Bertz CT molecular complexity index is 426. The summed E-state index contributed by atoms with van der Waals surface area (Å²) < 4.78 is 1.75. The number of ketones is 1. The van der Waals surface area contributed by atoms with Crippen LogP contribution in [0.3, 0.4) is 0 Å². The first-order chi connectivity index (χ1) is 7.06. The second-order valence-corrected chi connectivity index (χ2v) is 4.16. The minimum atomic E-state index is -0.202. The Morgan fingerprint density at radius 1 is 1.60 bits per heavy atom. The number of carbonyl (C=O) groups is 1. The zero-order valence-corrected chi connectivity index (χ0v) is 10.4. The van der Waals surface area contributed by atoms with E-state index in [1.807, 2.05) is 6.92 Å². The zero-order chi connectivity index (χ0) is 11.4. The van der Waals surface area contributed by atoms with Gasteiger partial charge in [-0.05, 0) is 29.3 Å². The van der Waals surface area contributed by atoms with Crippen molar-refractivity contribution >= 4 is 21.7 Å². The fourth-order valence-corrected chi connectivity index (χ4v) is 1.54. The van der Waals surface area contributed by atoms with Gasteiger partial charge in [-0.2, -0.15) is 0 Å². The van der Waals surface area contributed by atoms with E-state index in [1.54, 1.807) is 6.92 Å². The number of halogens is 1. The SMILES string of the molecule is CCCC(=O)Cn1cnc(C)c(Br)c1=O. The maximum absolute atomic E-state index is 11.7. The van der Waals surface area contributed by atoms with Crippen LogP contribution in [0.4, 0.5) is 0 Å². The molecule has 0 unspecified atom stereocenters. The Morgan fingerprint density at radius 3 is 2.87 bits per heavy atom. The predicted octanol–water partition coefficient (Wildman–Crippen LogP) is 1.68. The Labute approximate surface area is 96.5 Å². The van der Waals surface area contributed by atoms with Crippen molar-refractivity contribution in [1.82, 2.24) is 9.55 Å². The normalized spacial score (nSPS) is 10.3. The number of Topliss-reactive ketones (excluding diaryl/α,β-unsaturated/α-hetero) is 1. The van der Waals surface area contributed by atoms with E-state index in [2.05, 4.69) is 20.9 Å². The molecule has 0 saturated carbocycles. The summed E-state index contributed by atoms with van der Waals surface area (Å²) in [6, 6.07) is 0. The molecule has 0 radical (unpaired) electrons. The Kier molecular flexibility index (Phi) is 4.20. The summed E-state index contributed by atoms with van der Waals surface area (Å²) in [6.45, 7) is 3.78. The minimum absolute atomic E-state index is 0.0529. The molecule has 1 aromatic rings. The molecule has 4 nitrogen and oxygen atoms in total. The van der Waals surface area contributed by atoms with E-state index in [1.165, 1.54) is 10.9 Å². The highest BCUT2D eigenvalue weighted by Crippen LogP contribution is 2.06. The van der Waals surface area contributed by atoms with Crippen molar-refractivity contribution in [2.75, 3.05) is 0 Å². The zero-order valence-electron chi connectivity index (χ0n) is 8.79. The number of hydrogen-bond acceptors (Lipinski definition) is 3. The molecule has 82 valence electrons. The van der Waals surface area contributed by atoms with Gasteiger partial charge in [0, 0.05) is 6.42 Å². The van der Waals surface area contributed by atoms with E-state index >= 15 is 0 Å². The lowest BCUT2D eigenvalue weighted by Gasteiger charge is -2.05. The third kappa shape index (κ3) is 2.99. The van der Waals surface area contributed by atoms with Gasteiger partial charge in [0.15, 0.2) is 5.78 Å². The molecule has 1 aromatic heterocycles. The number of aryl methyl sites for hydroxylation is 1. The van der Waals surface area contributed by atoms with Crippen LogP contribution in [0, 0.1) is 6.92 Å². The first kappa shape index (κ1) is 12.1. The average Bonchev–Trinajstić information content (AvgIpc) is 2.20. The summed E-state index contributed by atoms with van der Waals surface area (Å²) in [5.41, 5.74) is 0.436. The quantitative estimate of drug-likeness (QED) is 0.838. The van der Waals surface area contributed by atoms with Gasteiger partial charge in [0.1, 0.15) is 4.47 Å². The topological polar surface area (TPSA) is 52.0 Å². The van der Waals surface area contributed by atoms with Crippen molar-refractivity contribution in [1.29, 1.82) is 0 Å². The molecule has 0 aliphatic carbocycles. The van der Waals surface area contributed by atoms with E-state index in [-0.39, 0.29) is 17.9 Å². The summed E-state index contributed by atoms with van der Waals surface area (Å²) in [4.78, 5) is 27.0. The molecule has 1 heterocycles. The summed E-state index contributed by atoms with van der Waals surface area (Å²) in [5.74, 6) is 0.0529. The van der Waals surface area contributed by atoms with Crippen LogP contribution in [0.1, 0.15) is 25.5 Å². The summed E-state index contributed by atoms with van der Waals surface area (Å²) in [5, 5.41) is 0. The molecule has 0 spiro atoms. The first-order valence-corrected chi connectivity index (χ1v) is 5.58. The van der Waals surface area contributed by atoms with Gasteiger partial charge in [-0.1, -0.05) is 6.92 Å². The van der Waals surface area contributed by atoms with E-state index in [0.717, 1.165) is 6.42 Å². The fourth-order valence-electron chi connectivity index (χ4n) is 1.21. The van der Waals surface area contributed by atoms with Crippen LogP contribution in [0.5, 0.6) is 0 Å². The molecule has 0 aromatic carbocycles. The molecule has 5 heteroatoms. The van der Waals surface area contributed by atoms with Crippen LogP contribution >= 0.6 is 15.9 Å². The van der Waals surface area contributed by atoms with E-state index < -0.39 is 0 Å². The lowest BCUT2D eigenvalue weighted by Crippen LogP contribution is -2.25. The van der Waals surface area contributed by atoms with Gasteiger partial charge in [-0.3, -0.25) is 14.2 Å². The number of nitrogens with zero attached hydrogens (tertiary/aromatic N) is 2. The summed E-state index contributed by atoms with van der Waals surface area (Å²) >= 11 is 3.15. The van der Waals surface area contributed by atoms with Crippen molar-refractivity contribution in [2.45, 2.75) is 33.2 Å². The Balaban J connectivity index is 2.92. The molecule has 1 rings (SSSR count). The lowest BCUT2D eigenvalue weighted by molar-refractivity contribution is -0.119. The van der Waals surface area contributed by atoms with E-state index in [4.69, 9.17) is 0 Å². The predicted molar refractivity (Wildman–Crippen MR) is 60.8 cm³/mol. The maximum atomic E-state index is 11.7. The smallest absolute Gasteiger partial charge is 0.268 e. The van der Waals surface area contributed by atoms with Crippen molar-refractivity contribution < 1.29 is 4.79 Å². The third-order valence-corrected chi connectivity index (χ3v) is 2.95. The third-order valence-electron chi connectivity index (χ3n) is 2.03. The van der Waals surface area contributed by atoms with Crippen molar-refractivity contribution in [3.8, 4) is 0 Å². The molecule has 0 saturated heterocycles. The molecular formula is C10H13BrN2O2. The monoisotopic (exact) mass is 272 g/mol. The molecule has 0 atom stereocenters. The Hall–Kier alpha value is -0.970. The second-order valence-electron chi connectivity index (χ2n) is 3.37. The maximum Gasteiger partial charge on any atom is 0.268 e. The number of carbonyl (C=O) groups excluding carboxylic acids is 1. The standard InChI is InChI=1S/C10H13BrN2O2/c1-3-4-8(14)5-13-6-12-7(2)9(11)10(13)15/h6H,3-5H2,1-2H3. The molecule has 0 N–H and O–H groups in total. The van der Waals surface area contributed by atoms with Crippen LogP contribution < -0.4 is 5.56 Å². The molecule has 0 aliphatic heterocycles. The van der Waals surface area contributed by atoms with Crippen LogP contribution in [0.15, 0.2) is 15.6 Å². The Morgan fingerprint density at radius 2 is 2.27 bits per heavy atom. The van der Waals surface area contributed by atoms with E-state index in [0.29, 0.717) is 16.6 Å². The van der Waals surface area contributed by atoms with Gasteiger partial charge in [0.05, 0.1) is 18.6 Å². The first-order valence-electron chi connectivity index (χ1n) is 4.79. The second kappa shape index (κ2) is 5.21. The molecule has 0 aliphatic rings. The summed E-state index contributed by atoms with van der Waals surface area (Å²) in [6.07, 6.45) is 2.71. The molecule has 0 fully saturated rings. The van der Waals surface area contributed by atoms with Gasteiger partial charge < -0.3 is 0 Å². The highest BCUT2D eigenvalue weighted by molar-refractivity contribution is 9.10. The van der Waals surface area contributed by atoms with Crippen LogP contribution in [-0.4, -0.2) is 15.3 Å². The van der Waals surface area contributed by atoms with E-state index in [9.17, 15) is 9.59 Å². The van der Waals surface area contributed by atoms with Gasteiger partial charge in [0.25, 0.3) is 5.56 Å². The minimum Gasteiger partial charge on any atom is -0.298 e. The van der Waals surface area contributed by atoms with Crippen LogP contribution in [0.25, 0.3) is 0 Å². The summed E-state index contributed by atoms with van der Waals surface area (Å²) in [7, 11) is 0. The highest BCUT2D eigenvalue weighted by Gasteiger charge is 2.08. The van der Waals surface area contributed by atoms with Crippen LogP contribution in [-0.2, 0) is 11.3 Å². The number of rotatable bonds is 4. The molecular weight excluding hydrogens is 260 g/mol. The van der Waals surface area contributed by atoms with Crippen molar-refractivity contribution in [3.63, 3.8) is 0 Å². The van der Waals surface area contributed by atoms with Crippen molar-refractivity contribution in [3.05, 3.63) is 26.8 Å².